The van der Waals surface area contributed by atoms with Crippen molar-refractivity contribution in [1.82, 2.24) is 0 Å². The predicted molar refractivity (Wildman–Crippen MR) is 215 cm³/mol. The van der Waals surface area contributed by atoms with Crippen LogP contribution in [-0.2, 0) is 0 Å². The highest BCUT2D eigenvalue weighted by atomic mass is 16.3. The van der Waals surface area contributed by atoms with Crippen molar-refractivity contribution in [2.24, 2.45) is 5.92 Å². The quantitative estimate of drug-likeness (QED) is 0.187. The predicted octanol–water partition coefficient (Wildman–Crippen LogP) is 13.6. The largest absolute Gasteiger partial charge is 0.456 e. The SMILES string of the molecule is CC(C)C1c2ccccc2N(c2cccc3c(N4c5ccccc5N(C(C)C)c5cc6c(cc54)oc4ccccc46)cccc23)c2ccccc21. The van der Waals surface area contributed by atoms with Gasteiger partial charge in [0.05, 0.1) is 34.1 Å². The number of fused-ring (bicyclic) bond motifs is 8. The van der Waals surface area contributed by atoms with Crippen LogP contribution in [-0.4, -0.2) is 6.04 Å². The number of hydrogen-bond donors (Lipinski definition) is 0. The van der Waals surface area contributed by atoms with Crippen LogP contribution in [0.2, 0.25) is 0 Å². The van der Waals surface area contributed by atoms with Gasteiger partial charge in [0.25, 0.3) is 0 Å². The van der Waals surface area contributed by atoms with Gasteiger partial charge in [-0.3, -0.25) is 0 Å². The molecule has 10 rings (SSSR count). The topological polar surface area (TPSA) is 22.9 Å². The molecule has 3 heterocycles. The van der Waals surface area contributed by atoms with Gasteiger partial charge in [-0.2, -0.15) is 0 Å². The van der Waals surface area contributed by atoms with Crippen molar-refractivity contribution in [2.75, 3.05) is 14.7 Å². The minimum Gasteiger partial charge on any atom is -0.456 e. The summed E-state index contributed by atoms with van der Waals surface area (Å²) >= 11 is 0. The summed E-state index contributed by atoms with van der Waals surface area (Å²) in [7, 11) is 0. The third-order valence-corrected chi connectivity index (χ3v) is 10.9. The standard InChI is InChI=1S/C47H39N3O/c1-29(2)47-34-16-5-8-20-39(34)49(40-21-9-6-17-35(40)47)37-24-13-19-32-31(37)18-14-25-38(32)50-42-23-11-10-22-41(42)48(30(3)4)43-27-36-33-15-7-12-26-45(33)51-46(36)28-44(43)50/h5-30,47H,1-4H3. The molecule has 0 unspecified atom stereocenters. The minimum atomic E-state index is 0.246. The van der Waals surface area contributed by atoms with Crippen LogP contribution in [0.3, 0.4) is 0 Å². The lowest BCUT2D eigenvalue weighted by atomic mass is 9.78. The Morgan fingerprint density at radius 3 is 1.55 bits per heavy atom. The molecule has 0 aliphatic carbocycles. The maximum Gasteiger partial charge on any atom is 0.137 e. The molecular formula is C47H39N3O. The Kier molecular flexibility index (Phi) is 6.60. The van der Waals surface area contributed by atoms with Crippen LogP contribution in [0.25, 0.3) is 32.7 Å². The Hall–Kier alpha value is -6.00. The number of anilines is 8. The molecule has 0 fully saturated rings. The van der Waals surface area contributed by atoms with Crippen LogP contribution in [0.5, 0.6) is 0 Å². The molecule has 2 aliphatic rings. The second-order valence-corrected chi connectivity index (χ2v) is 14.5. The molecule has 51 heavy (non-hydrogen) atoms. The fraction of sp³-hybridized carbons (Fsp3) is 0.149. The highest BCUT2D eigenvalue weighted by molar-refractivity contribution is 6.14. The average molecular weight is 662 g/mol. The number of rotatable bonds is 4. The minimum absolute atomic E-state index is 0.246. The Bertz CT molecular complexity index is 2600. The summed E-state index contributed by atoms with van der Waals surface area (Å²) in [5, 5.41) is 4.68. The van der Waals surface area contributed by atoms with E-state index in [2.05, 4.69) is 182 Å². The molecule has 4 heteroatoms. The normalized spacial score (nSPS) is 14.0. The monoisotopic (exact) mass is 661 g/mol. The molecule has 1 aromatic heterocycles. The lowest BCUT2D eigenvalue weighted by Crippen LogP contribution is -2.32. The van der Waals surface area contributed by atoms with E-state index in [0.717, 1.165) is 39.0 Å². The van der Waals surface area contributed by atoms with Gasteiger partial charge in [-0.1, -0.05) is 105 Å². The lowest BCUT2D eigenvalue weighted by molar-refractivity contribution is 0.560. The van der Waals surface area contributed by atoms with Crippen molar-refractivity contribution in [3.63, 3.8) is 0 Å². The number of hydrogen-bond acceptors (Lipinski definition) is 4. The van der Waals surface area contributed by atoms with Crippen LogP contribution < -0.4 is 14.7 Å². The second kappa shape index (κ2) is 11.3. The van der Waals surface area contributed by atoms with Gasteiger partial charge in [0.1, 0.15) is 11.2 Å². The zero-order valence-corrected chi connectivity index (χ0v) is 29.3. The Morgan fingerprint density at radius 1 is 0.412 bits per heavy atom. The third kappa shape index (κ3) is 4.32. The van der Waals surface area contributed by atoms with Gasteiger partial charge in [-0.15, -0.1) is 0 Å². The van der Waals surface area contributed by atoms with E-state index in [1.165, 1.54) is 50.3 Å². The van der Waals surface area contributed by atoms with Gasteiger partial charge in [0.15, 0.2) is 0 Å². The first-order valence-corrected chi connectivity index (χ1v) is 18.1. The van der Waals surface area contributed by atoms with Gasteiger partial charge in [-0.25, -0.2) is 0 Å². The van der Waals surface area contributed by atoms with E-state index in [0.29, 0.717) is 11.8 Å². The lowest BCUT2D eigenvalue weighted by Gasteiger charge is -2.42. The summed E-state index contributed by atoms with van der Waals surface area (Å²) in [6, 6.07) is 53.5. The summed E-state index contributed by atoms with van der Waals surface area (Å²) < 4.78 is 6.51. The number of benzene rings is 7. The van der Waals surface area contributed by atoms with Crippen molar-refractivity contribution < 1.29 is 4.42 Å². The summed E-state index contributed by atoms with van der Waals surface area (Å²) in [6.07, 6.45) is 0. The first-order chi connectivity index (χ1) is 25.0. The molecule has 0 bridgehead atoms. The zero-order chi connectivity index (χ0) is 34.4. The van der Waals surface area contributed by atoms with E-state index >= 15 is 0 Å². The van der Waals surface area contributed by atoms with E-state index in [1.807, 2.05) is 6.07 Å². The zero-order valence-electron chi connectivity index (χ0n) is 29.3. The molecule has 0 saturated carbocycles. The van der Waals surface area contributed by atoms with Crippen LogP contribution in [0.4, 0.5) is 45.5 Å². The molecule has 248 valence electrons. The molecular weight excluding hydrogens is 623 g/mol. The highest BCUT2D eigenvalue weighted by Crippen LogP contribution is 2.57. The average Bonchev–Trinajstić information content (AvgIpc) is 3.52. The third-order valence-electron chi connectivity index (χ3n) is 10.9. The molecule has 8 aromatic rings. The van der Waals surface area contributed by atoms with Crippen molar-refractivity contribution in [1.29, 1.82) is 0 Å². The Balaban J connectivity index is 1.23. The molecule has 0 N–H and O–H groups in total. The molecule has 4 nitrogen and oxygen atoms in total. The summed E-state index contributed by atoms with van der Waals surface area (Å²) in [4.78, 5) is 7.42. The maximum absolute atomic E-state index is 6.51. The van der Waals surface area contributed by atoms with Gasteiger partial charge in [0.2, 0.25) is 0 Å². The van der Waals surface area contributed by atoms with E-state index in [4.69, 9.17) is 4.42 Å². The van der Waals surface area contributed by atoms with Gasteiger partial charge >= 0.3 is 0 Å². The summed E-state index contributed by atoms with van der Waals surface area (Å²) in [5.41, 5.74) is 14.0. The van der Waals surface area contributed by atoms with E-state index < -0.39 is 0 Å². The molecule has 0 radical (unpaired) electrons. The summed E-state index contributed by atoms with van der Waals surface area (Å²) in [6.45, 7) is 9.23. The van der Waals surface area contributed by atoms with Crippen LogP contribution >= 0.6 is 0 Å². The molecule has 0 atom stereocenters. The van der Waals surface area contributed by atoms with Crippen molar-refractivity contribution in [3.05, 3.63) is 157 Å². The van der Waals surface area contributed by atoms with Crippen molar-refractivity contribution in [3.8, 4) is 0 Å². The first kappa shape index (κ1) is 29.9. The van der Waals surface area contributed by atoms with Gasteiger partial charge < -0.3 is 19.1 Å². The van der Waals surface area contributed by atoms with Crippen LogP contribution in [0.15, 0.2) is 150 Å². The number of para-hydroxylation sites is 5. The maximum atomic E-state index is 6.51. The van der Waals surface area contributed by atoms with Crippen LogP contribution in [0.1, 0.15) is 44.7 Å². The highest BCUT2D eigenvalue weighted by Gasteiger charge is 2.35. The van der Waals surface area contributed by atoms with E-state index in [1.54, 1.807) is 0 Å². The molecule has 7 aromatic carbocycles. The summed E-state index contributed by atoms with van der Waals surface area (Å²) in [5.74, 6) is 0.802. The number of furan rings is 1. The second-order valence-electron chi connectivity index (χ2n) is 14.5. The first-order valence-electron chi connectivity index (χ1n) is 18.1. The van der Waals surface area contributed by atoms with E-state index in [9.17, 15) is 0 Å². The van der Waals surface area contributed by atoms with Crippen molar-refractivity contribution >= 4 is 78.2 Å². The molecule has 2 aliphatic heterocycles. The smallest absolute Gasteiger partial charge is 0.137 e. The Labute approximate surface area is 298 Å². The fourth-order valence-electron chi connectivity index (χ4n) is 8.90. The molecule has 0 spiro atoms. The molecule has 0 amide bonds. The number of nitrogens with zero attached hydrogens (tertiary/aromatic N) is 3. The van der Waals surface area contributed by atoms with Gasteiger partial charge in [-0.05, 0) is 79.4 Å². The van der Waals surface area contributed by atoms with Crippen molar-refractivity contribution in [2.45, 2.75) is 39.7 Å². The molecule has 0 saturated heterocycles. The fourth-order valence-corrected chi connectivity index (χ4v) is 8.90. The van der Waals surface area contributed by atoms with Crippen LogP contribution in [0, 0.1) is 5.92 Å². The Morgan fingerprint density at radius 2 is 0.922 bits per heavy atom. The van der Waals surface area contributed by atoms with Gasteiger partial charge in [0, 0.05) is 50.9 Å². The van der Waals surface area contributed by atoms with E-state index in [-0.39, 0.29) is 6.04 Å².